The molecule has 0 aliphatic carbocycles. The van der Waals surface area contributed by atoms with Crippen LogP contribution in [0.15, 0.2) is 33.7 Å². The molecule has 1 spiro atoms. The highest BCUT2D eigenvalue weighted by Crippen LogP contribution is 2.37. The van der Waals surface area contributed by atoms with Crippen LogP contribution in [0.25, 0.3) is 0 Å². The topological polar surface area (TPSA) is 75.8 Å². The highest BCUT2D eigenvalue weighted by atomic mass is 79.9. The summed E-state index contributed by atoms with van der Waals surface area (Å²) in [6, 6.07) is 7.85. The van der Waals surface area contributed by atoms with Gasteiger partial charge in [0.15, 0.2) is 15.8 Å². The van der Waals surface area contributed by atoms with Gasteiger partial charge in [-0.1, -0.05) is 15.9 Å². The normalized spacial score (nSPS) is 23.9. The van der Waals surface area contributed by atoms with E-state index in [0.717, 1.165) is 10.2 Å². The van der Waals surface area contributed by atoms with Crippen LogP contribution in [0, 0.1) is 0 Å². The molecule has 2 aliphatic rings. The van der Waals surface area contributed by atoms with E-state index in [4.69, 9.17) is 5.73 Å². The van der Waals surface area contributed by atoms with Gasteiger partial charge < -0.3 is 10.6 Å². The summed E-state index contributed by atoms with van der Waals surface area (Å²) in [5.74, 6) is 0.901. The van der Waals surface area contributed by atoms with Crippen molar-refractivity contribution in [1.82, 2.24) is 0 Å². The summed E-state index contributed by atoms with van der Waals surface area (Å²) >= 11 is 3.41. The van der Waals surface area contributed by atoms with Gasteiger partial charge in [-0.25, -0.2) is 8.42 Å². The highest BCUT2D eigenvalue weighted by molar-refractivity contribution is 9.10. The van der Waals surface area contributed by atoms with E-state index in [2.05, 4.69) is 20.9 Å². The summed E-state index contributed by atoms with van der Waals surface area (Å²) in [5.41, 5.74) is 6.73. The van der Waals surface area contributed by atoms with E-state index >= 15 is 0 Å². The molecule has 0 atom stereocenters. The molecule has 0 bridgehead atoms. The van der Waals surface area contributed by atoms with E-state index in [1.54, 1.807) is 0 Å². The van der Waals surface area contributed by atoms with Crippen molar-refractivity contribution in [2.45, 2.75) is 18.4 Å². The van der Waals surface area contributed by atoms with Crippen molar-refractivity contribution in [3.63, 3.8) is 0 Å². The van der Waals surface area contributed by atoms with Crippen molar-refractivity contribution in [2.75, 3.05) is 23.0 Å². The maximum atomic E-state index is 11.7. The number of hydrogen-bond acceptors (Lipinski definition) is 5. The lowest BCUT2D eigenvalue weighted by Crippen LogP contribution is -2.55. The van der Waals surface area contributed by atoms with E-state index in [1.807, 2.05) is 29.2 Å². The minimum absolute atomic E-state index is 0.211. The molecule has 108 valence electrons. The summed E-state index contributed by atoms with van der Waals surface area (Å²) in [5, 5.41) is 0. The second kappa shape index (κ2) is 4.73. The van der Waals surface area contributed by atoms with Crippen molar-refractivity contribution >= 4 is 37.4 Å². The maximum absolute atomic E-state index is 11.7. The molecule has 0 saturated carbocycles. The molecule has 1 saturated heterocycles. The van der Waals surface area contributed by atoms with E-state index in [1.165, 1.54) is 0 Å². The first kappa shape index (κ1) is 13.9. The smallest absolute Gasteiger partial charge is 0.196 e. The van der Waals surface area contributed by atoms with Crippen LogP contribution in [-0.4, -0.2) is 38.0 Å². The fourth-order valence-corrected chi connectivity index (χ4v) is 4.76. The zero-order valence-electron chi connectivity index (χ0n) is 10.9. The van der Waals surface area contributed by atoms with E-state index < -0.39 is 9.84 Å². The van der Waals surface area contributed by atoms with Gasteiger partial charge in [-0.2, -0.15) is 0 Å². The number of guanidine groups is 1. The molecule has 1 aromatic rings. The fraction of sp³-hybridized carbons (Fsp3) is 0.462. The Balaban J connectivity index is 1.95. The predicted molar refractivity (Wildman–Crippen MR) is 83.7 cm³/mol. The predicted octanol–water partition coefficient (Wildman–Crippen LogP) is 1.53. The van der Waals surface area contributed by atoms with Gasteiger partial charge in [-0.3, -0.25) is 4.99 Å². The molecule has 0 unspecified atom stereocenters. The Labute approximate surface area is 126 Å². The standard InChI is InChI=1S/C13H16BrN3O2S/c14-10-1-3-11(4-2-10)17-12(15)16-9-13(17)5-7-20(18,19)8-6-13/h1-4H,5-9H2,(H2,15,16). The minimum atomic E-state index is -2.90. The Morgan fingerprint density at radius 2 is 1.80 bits per heavy atom. The highest BCUT2D eigenvalue weighted by Gasteiger charge is 2.46. The van der Waals surface area contributed by atoms with Gasteiger partial charge in [0.05, 0.1) is 23.6 Å². The molecule has 3 rings (SSSR count). The van der Waals surface area contributed by atoms with E-state index in [0.29, 0.717) is 25.3 Å². The molecule has 7 heteroatoms. The first-order valence-corrected chi connectivity index (χ1v) is 9.10. The fourth-order valence-electron chi connectivity index (χ4n) is 2.91. The number of benzene rings is 1. The number of rotatable bonds is 1. The van der Waals surface area contributed by atoms with Crippen LogP contribution >= 0.6 is 15.9 Å². The molecule has 0 aromatic heterocycles. The first-order valence-electron chi connectivity index (χ1n) is 6.48. The molecule has 2 aliphatic heterocycles. The van der Waals surface area contributed by atoms with Gasteiger partial charge >= 0.3 is 0 Å². The molecule has 0 radical (unpaired) electrons. The Morgan fingerprint density at radius 1 is 1.20 bits per heavy atom. The second-order valence-electron chi connectivity index (χ2n) is 5.36. The second-order valence-corrected chi connectivity index (χ2v) is 8.58. The molecule has 1 aromatic carbocycles. The maximum Gasteiger partial charge on any atom is 0.196 e. The van der Waals surface area contributed by atoms with Gasteiger partial charge in [0, 0.05) is 10.2 Å². The zero-order valence-corrected chi connectivity index (χ0v) is 13.3. The van der Waals surface area contributed by atoms with Crippen LogP contribution in [0.4, 0.5) is 5.69 Å². The Hall–Kier alpha value is -1.08. The number of aliphatic imine (C=N–C) groups is 1. The summed E-state index contributed by atoms with van der Waals surface area (Å²) in [6.07, 6.45) is 1.16. The number of hydrogen-bond donors (Lipinski definition) is 1. The lowest BCUT2D eigenvalue weighted by atomic mass is 9.90. The van der Waals surface area contributed by atoms with E-state index in [9.17, 15) is 8.42 Å². The summed E-state index contributed by atoms with van der Waals surface area (Å²) < 4.78 is 24.3. The number of anilines is 1. The third-order valence-electron chi connectivity index (χ3n) is 4.08. The van der Waals surface area contributed by atoms with Crippen LogP contribution in [0.5, 0.6) is 0 Å². The molecule has 0 amide bonds. The van der Waals surface area contributed by atoms with Gasteiger partial charge in [0.1, 0.15) is 0 Å². The van der Waals surface area contributed by atoms with Crippen molar-refractivity contribution in [3.8, 4) is 0 Å². The monoisotopic (exact) mass is 357 g/mol. The summed E-state index contributed by atoms with van der Waals surface area (Å²) in [7, 11) is -2.90. The average Bonchev–Trinajstić information content (AvgIpc) is 2.73. The number of nitrogens with two attached hydrogens (primary N) is 1. The van der Waals surface area contributed by atoms with Crippen LogP contribution in [-0.2, 0) is 9.84 Å². The van der Waals surface area contributed by atoms with E-state index in [-0.39, 0.29) is 17.0 Å². The van der Waals surface area contributed by atoms with Crippen LogP contribution in [0.2, 0.25) is 0 Å². The first-order chi connectivity index (χ1) is 9.42. The largest absolute Gasteiger partial charge is 0.369 e. The lowest BCUT2D eigenvalue weighted by molar-refractivity contribution is 0.409. The van der Waals surface area contributed by atoms with Gasteiger partial charge in [0.25, 0.3) is 0 Å². The van der Waals surface area contributed by atoms with Gasteiger partial charge in [-0.05, 0) is 37.1 Å². The molecular weight excluding hydrogens is 342 g/mol. The van der Waals surface area contributed by atoms with Crippen molar-refractivity contribution in [2.24, 2.45) is 10.7 Å². The zero-order chi connectivity index (χ0) is 14.4. The van der Waals surface area contributed by atoms with Crippen LogP contribution in [0.1, 0.15) is 12.8 Å². The molecule has 20 heavy (non-hydrogen) atoms. The van der Waals surface area contributed by atoms with Crippen LogP contribution in [0.3, 0.4) is 0 Å². The average molecular weight is 358 g/mol. The Kier molecular flexibility index (Phi) is 3.29. The third kappa shape index (κ3) is 2.33. The SMILES string of the molecule is NC1=NCC2(CCS(=O)(=O)CC2)N1c1ccc(Br)cc1. The minimum Gasteiger partial charge on any atom is -0.369 e. The Bertz CT molecular complexity index is 641. The quantitative estimate of drug-likeness (QED) is 0.826. The number of sulfone groups is 1. The third-order valence-corrected chi connectivity index (χ3v) is 6.26. The molecule has 2 heterocycles. The lowest BCUT2D eigenvalue weighted by Gasteiger charge is -2.41. The molecule has 2 N–H and O–H groups in total. The molecule has 1 fully saturated rings. The number of halogens is 1. The van der Waals surface area contributed by atoms with Gasteiger partial charge in [0.2, 0.25) is 0 Å². The Morgan fingerprint density at radius 3 is 2.40 bits per heavy atom. The van der Waals surface area contributed by atoms with Crippen molar-refractivity contribution in [3.05, 3.63) is 28.7 Å². The summed E-state index contributed by atoms with van der Waals surface area (Å²) in [6.45, 7) is 0.574. The van der Waals surface area contributed by atoms with Crippen LogP contribution < -0.4 is 10.6 Å². The van der Waals surface area contributed by atoms with Crippen molar-refractivity contribution in [1.29, 1.82) is 0 Å². The molecular formula is C13H16BrN3O2S. The summed E-state index contributed by atoms with van der Waals surface area (Å²) in [4.78, 5) is 6.36. The molecule has 5 nitrogen and oxygen atoms in total. The number of nitrogens with zero attached hydrogens (tertiary/aromatic N) is 2. The van der Waals surface area contributed by atoms with Gasteiger partial charge in [-0.15, -0.1) is 0 Å². The van der Waals surface area contributed by atoms with Crippen molar-refractivity contribution < 1.29 is 8.42 Å².